The first-order valence-corrected chi connectivity index (χ1v) is 10.1. The fraction of sp³-hybridized carbons (Fsp3) is 0.0455. The standard InChI is InChI=1S/C22H20N2O3S/c1-17-7-9-18(10-8-17)11-16-22(25)23-19-12-14-21(15-13-19)28(26,27)24-20-5-3-2-4-6-20/h2-16,24H,1H3,(H,23,25). The van der Waals surface area contributed by atoms with Crippen molar-refractivity contribution in [3.63, 3.8) is 0 Å². The smallest absolute Gasteiger partial charge is 0.261 e. The van der Waals surface area contributed by atoms with Crippen LogP contribution < -0.4 is 10.0 Å². The molecule has 0 spiro atoms. The van der Waals surface area contributed by atoms with Gasteiger partial charge in [-0.05, 0) is 55.0 Å². The molecule has 0 saturated carbocycles. The summed E-state index contributed by atoms with van der Waals surface area (Å²) in [5, 5.41) is 2.71. The largest absolute Gasteiger partial charge is 0.323 e. The summed E-state index contributed by atoms with van der Waals surface area (Å²) in [6.45, 7) is 2.00. The fourth-order valence-electron chi connectivity index (χ4n) is 2.47. The summed E-state index contributed by atoms with van der Waals surface area (Å²) in [7, 11) is -3.69. The van der Waals surface area contributed by atoms with E-state index in [0.29, 0.717) is 11.4 Å². The number of hydrogen-bond donors (Lipinski definition) is 2. The van der Waals surface area contributed by atoms with Gasteiger partial charge in [-0.3, -0.25) is 9.52 Å². The summed E-state index contributed by atoms with van der Waals surface area (Å²) in [4.78, 5) is 12.2. The second-order valence-corrected chi connectivity index (χ2v) is 7.91. The Hall–Kier alpha value is -3.38. The van der Waals surface area contributed by atoms with Crippen molar-refractivity contribution in [3.05, 3.63) is 96.1 Å². The number of nitrogens with one attached hydrogen (secondary N) is 2. The van der Waals surface area contributed by atoms with E-state index in [1.807, 2.05) is 37.3 Å². The Morgan fingerprint density at radius 2 is 1.46 bits per heavy atom. The Morgan fingerprint density at radius 1 is 0.821 bits per heavy atom. The Bertz CT molecular complexity index is 1070. The third-order valence-corrected chi connectivity index (χ3v) is 5.36. The highest BCUT2D eigenvalue weighted by atomic mass is 32.2. The van der Waals surface area contributed by atoms with Crippen molar-refractivity contribution >= 4 is 33.4 Å². The minimum Gasteiger partial charge on any atom is -0.323 e. The van der Waals surface area contributed by atoms with Crippen LogP contribution in [-0.4, -0.2) is 14.3 Å². The van der Waals surface area contributed by atoms with Crippen LogP contribution in [0.1, 0.15) is 11.1 Å². The minimum atomic E-state index is -3.69. The number of benzene rings is 3. The molecule has 0 atom stereocenters. The van der Waals surface area contributed by atoms with Crippen LogP contribution in [0.4, 0.5) is 11.4 Å². The summed E-state index contributed by atoms with van der Waals surface area (Å²) < 4.78 is 27.3. The predicted molar refractivity (Wildman–Crippen MR) is 113 cm³/mol. The number of amides is 1. The second-order valence-electron chi connectivity index (χ2n) is 6.23. The number of carbonyl (C=O) groups excluding carboxylic acids is 1. The number of para-hydroxylation sites is 1. The van der Waals surface area contributed by atoms with Gasteiger partial charge in [0.1, 0.15) is 0 Å². The van der Waals surface area contributed by atoms with E-state index in [-0.39, 0.29) is 10.8 Å². The molecule has 0 aliphatic heterocycles. The van der Waals surface area contributed by atoms with Crippen LogP contribution in [0.5, 0.6) is 0 Å². The van der Waals surface area contributed by atoms with Crippen molar-refractivity contribution in [1.29, 1.82) is 0 Å². The average molecular weight is 392 g/mol. The van der Waals surface area contributed by atoms with Gasteiger partial charge in [-0.1, -0.05) is 48.0 Å². The van der Waals surface area contributed by atoms with Gasteiger partial charge in [-0.15, -0.1) is 0 Å². The highest BCUT2D eigenvalue weighted by Gasteiger charge is 2.14. The fourth-order valence-corrected chi connectivity index (χ4v) is 3.53. The molecule has 0 aliphatic carbocycles. The summed E-state index contributed by atoms with van der Waals surface area (Å²) >= 11 is 0. The van der Waals surface area contributed by atoms with Crippen LogP contribution in [0.15, 0.2) is 89.8 Å². The van der Waals surface area contributed by atoms with E-state index in [9.17, 15) is 13.2 Å². The van der Waals surface area contributed by atoms with Crippen molar-refractivity contribution in [3.8, 4) is 0 Å². The van der Waals surface area contributed by atoms with Crippen LogP contribution in [-0.2, 0) is 14.8 Å². The van der Waals surface area contributed by atoms with Crippen molar-refractivity contribution < 1.29 is 13.2 Å². The monoisotopic (exact) mass is 392 g/mol. The van der Waals surface area contributed by atoms with E-state index in [1.165, 1.54) is 18.2 Å². The Balaban J connectivity index is 1.63. The highest BCUT2D eigenvalue weighted by molar-refractivity contribution is 7.92. The molecule has 3 aromatic rings. The lowest BCUT2D eigenvalue weighted by Gasteiger charge is -2.09. The third-order valence-electron chi connectivity index (χ3n) is 3.96. The first-order chi connectivity index (χ1) is 13.4. The minimum absolute atomic E-state index is 0.115. The molecule has 28 heavy (non-hydrogen) atoms. The number of anilines is 2. The molecule has 3 rings (SSSR count). The second kappa shape index (κ2) is 8.54. The van der Waals surface area contributed by atoms with Crippen molar-refractivity contribution in [2.75, 3.05) is 10.0 Å². The molecule has 0 unspecified atom stereocenters. The van der Waals surface area contributed by atoms with Gasteiger partial charge >= 0.3 is 0 Å². The van der Waals surface area contributed by atoms with Crippen LogP contribution in [0.3, 0.4) is 0 Å². The number of hydrogen-bond acceptors (Lipinski definition) is 3. The maximum absolute atomic E-state index is 12.4. The number of sulfonamides is 1. The Labute approximate surface area is 164 Å². The van der Waals surface area contributed by atoms with E-state index in [1.54, 1.807) is 42.5 Å². The lowest BCUT2D eigenvalue weighted by atomic mass is 10.1. The molecule has 0 fully saturated rings. The summed E-state index contributed by atoms with van der Waals surface area (Å²) in [5.41, 5.74) is 3.07. The molecular weight excluding hydrogens is 372 g/mol. The van der Waals surface area contributed by atoms with Gasteiger partial charge in [0.15, 0.2) is 0 Å². The van der Waals surface area contributed by atoms with Gasteiger partial charge in [-0.2, -0.15) is 0 Å². The normalized spacial score (nSPS) is 11.3. The highest BCUT2D eigenvalue weighted by Crippen LogP contribution is 2.18. The van der Waals surface area contributed by atoms with Gasteiger partial charge in [0.25, 0.3) is 10.0 Å². The Morgan fingerprint density at radius 3 is 2.11 bits per heavy atom. The van der Waals surface area contributed by atoms with Gasteiger partial charge in [-0.25, -0.2) is 8.42 Å². The van der Waals surface area contributed by atoms with Crippen LogP contribution in [0, 0.1) is 6.92 Å². The summed E-state index contributed by atoms with van der Waals surface area (Å²) in [6, 6.07) is 22.5. The summed E-state index contributed by atoms with van der Waals surface area (Å²) in [6.07, 6.45) is 3.16. The van der Waals surface area contributed by atoms with Gasteiger partial charge in [0, 0.05) is 17.5 Å². The average Bonchev–Trinajstić information content (AvgIpc) is 2.68. The van der Waals surface area contributed by atoms with Gasteiger partial charge < -0.3 is 5.32 Å². The molecule has 0 radical (unpaired) electrons. The molecule has 0 bridgehead atoms. The predicted octanol–water partition coefficient (Wildman–Crippen LogP) is 4.45. The van der Waals surface area contributed by atoms with E-state index in [4.69, 9.17) is 0 Å². The summed E-state index contributed by atoms with van der Waals surface area (Å²) in [5.74, 6) is -0.293. The van der Waals surface area contributed by atoms with E-state index < -0.39 is 10.0 Å². The number of aryl methyl sites for hydroxylation is 1. The Kier molecular flexibility index (Phi) is 5.91. The maximum Gasteiger partial charge on any atom is 0.261 e. The van der Waals surface area contributed by atoms with E-state index in [2.05, 4.69) is 10.0 Å². The molecule has 0 aromatic heterocycles. The van der Waals surface area contributed by atoms with E-state index in [0.717, 1.165) is 11.1 Å². The molecule has 3 aromatic carbocycles. The quantitative estimate of drug-likeness (QED) is 0.609. The molecule has 1 amide bonds. The van der Waals surface area contributed by atoms with Crippen LogP contribution in [0.25, 0.3) is 6.08 Å². The first kappa shape index (κ1) is 19.4. The SMILES string of the molecule is Cc1ccc(C=CC(=O)Nc2ccc(S(=O)(=O)Nc3ccccc3)cc2)cc1. The maximum atomic E-state index is 12.4. The zero-order valence-corrected chi connectivity index (χ0v) is 16.1. The lowest BCUT2D eigenvalue weighted by molar-refractivity contribution is -0.111. The van der Waals surface area contributed by atoms with Crippen LogP contribution in [0.2, 0.25) is 0 Å². The topological polar surface area (TPSA) is 75.3 Å². The zero-order valence-electron chi connectivity index (χ0n) is 15.3. The van der Waals surface area contributed by atoms with Crippen molar-refractivity contribution in [2.45, 2.75) is 11.8 Å². The molecule has 5 nitrogen and oxygen atoms in total. The van der Waals surface area contributed by atoms with Crippen LogP contribution >= 0.6 is 0 Å². The van der Waals surface area contributed by atoms with Gasteiger partial charge in [0.05, 0.1) is 4.90 Å². The number of rotatable bonds is 6. The third kappa shape index (κ3) is 5.31. The molecule has 0 saturated heterocycles. The lowest BCUT2D eigenvalue weighted by Crippen LogP contribution is -2.13. The van der Waals surface area contributed by atoms with Crippen molar-refractivity contribution in [2.24, 2.45) is 0 Å². The molecule has 2 N–H and O–H groups in total. The molecule has 142 valence electrons. The molecule has 0 heterocycles. The van der Waals surface area contributed by atoms with Gasteiger partial charge in [0.2, 0.25) is 5.91 Å². The number of carbonyl (C=O) groups is 1. The molecular formula is C22H20N2O3S. The van der Waals surface area contributed by atoms with E-state index >= 15 is 0 Å². The molecule has 6 heteroatoms. The molecule has 0 aliphatic rings. The zero-order chi connectivity index (χ0) is 20.0. The first-order valence-electron chi connectivity index (χ1n) is 8.66. The van der Waals surface area contributed by atoms with Crippen molar-refractivity contribution in [1.82, 2.24) is 0 Å².